The van der Waals surface area contributed by atoms with Gasteiger partial charge in [-0.3, -0.25) is 77.9 Å². The Morgan fingerprint density at radius 1 is 0.550 bits per heavy atom. The summed E-state index contributed by atoms with van der Waals surface area (Å²) < 4.78 is 38.3. The fourth-order valence-electron chi connectivity index (χ4n) is 14.3. The number of nitrogens with zero attached hydrogens (tertiary/aromatic N) is 3. The number of tetrazole rings is 1. The van der Waals surface area contributed by atoms with Crippen molar-refractivity contribution in [3.8, 4) is 0 Å². The van der Waals surface area contributed by atoms with Crippen molar-refractivity contribution in [2.45, 2.75) is 273 Å². The van der Waals surface area contributed by atoms with Gasteiger partial charge in [0, 0.05) is 88.3 Å². The number of sulfonamides is 1. The number of nitrogens with one attached hydrogen (secondary N) is 19. The number of urea groups is 1. The number of hydrogen-bond donors (Lipinski definition) is 24. The van der Waals surface area contributed by atoms with E-state index in [0.717, 1.165) is 57.2 Å². The van der Waals surface area contributed by atoms with Crippen LogP contribution in [0.4, 0.5) is 4.79 Å². The smallest absolute Gasteiger partial charge is 0.312 e. The average Bonchev–Trinajstić information content (AvgIpc) is 1.69. The van der Waals surface area contributed by atoms with E-state index in [1.165, 1.54) is 32.1 Å². The van der Waals surface area contributed by atoms with Crippen LogP contribution >= 0.6 is 0 Å². The highest BCUT2D eigenvalue weighted by Crippen LogP contribution is 2.21. The first-order valence-electron chi connectivity index (χ1n) is 45.3. The fourth-order valence-corrected chi connectivity index (χ4v) is 15.4. The maximum atomic E-state index is 15.0. The van der Waals surface area contributed by atoms with Crippen LogP contribution in [0.5, 0.6) is 0 Å². The fraction of sp³-hybridized carbons (Fsp3) is 0.635. The highest BCUT2D eigenvalue weighted by Gasteiger charge is 2.37. The van der Waals surface area contributed by atoms with E-state index in [1.807, 2.05) is 6.07 Å². The van der Waals surface area contributed by atoms with Gasteiger partial charge in [0.15, 0.2) is 11.9 Å². The van der Waals surface area contributed by atoms with Gasteiger partial charge in [-0.25, -0.2) is 18.3 Å². The number of aliphatic hydroxyl groups excluding tert-OH is 1. The number of para-hydroxylation sites is 1. The van der Waals surface area contributed by atoms with Gasteiger partial charge in [0.25, 0.3) is 0 Å². The molecule has 0 spiro atoms. The van der Waals surface area contributed by atoms with Gasteiger partial charge in [-0.1, -0.05) is 139 Å². The lowest BCUT2D eigenvalue weighted by Gasteiger charge is -2.28. The van der Waals surface area contributed by atoms with Crippen molar-refractivity contribution < 1.29 is 90.1 Å². The molecule has 28 N–H and O–H groups in total. The van der Waals surface area contributed by atoms with Crippen LogP contribution in [-0.2, 0) is 101 Å². The summed E-state index contributed by atoms with van der Waals surface area (Å²) in [6, 6.07) is 0.893. The molecule has 3 heterocycles. The third-order valence-electron chi connectivity index (χ3n) is 21.5. The normalized spacial score (nSPS) is 17.6. The molecule has 728 valence electrons. The number of rotatable bonds is 57. The summed E-state index contributed by atoms with van der Waals surface area (Å²) in [6.45, 7) is -0.0447. The first kappa shape index (κ1) is 109. The Hall–Kier alpha value is -12.2. The van der Waals surface area contributed by atoms with Crippen LogP contribution in [0.15, 0.2) is 60.8 Å². The molecule has 131 heavy (non-hydrogen) atoms. The predicted octanol–water partition coefficient (Wildman–Crippen LogP) is -1.37. The van der Waals surface area contributed by atoms with Crippen molar-refractivity contribution in [3.63, 3.8) is 0 Å². The second kappa shape index (κ2) is 62.9. The molecule has 0 saturated carbocycles. The lowest BCUT2D eigenvalue weighted by atomic mass is 10.0. The van der Waals surface area contributed by atoms with E-state index in [1.54, 1.807) is 61.7 Å². The number of carbonyl (C=O) groups is 14. The summed E-state index contributed by atoms with van der Waals surface area (Å²) in [5.74, 6) is -11.5. The molecule has 0 unspecified atom stereocenters. The molecule has 5 rings (SSSR count). The average molecular weight is 1860 g/mol. The minimum atomic E-state index is -3.96. The van der Waals surface area contributed by atoms with Crippen LogP contribution in [0.2, 0.25) is 0 Å². The number of unbranched alkanes of at least 4 members (excludes halogenated alkanes) is 13. The van der Waals surface area contributed by atoms with Crippen LogP contribution in [0.3, 0.4) is 0 Å². The van der Waals surface area contributed by atoms with E-state index in [9.17, 15) is 66.3 Å². The third-order valence-corrected chi connectivity index (χ3v) is 22.8. The predicted molar refractivity (Wildman–Crippen MR) is 485 cm³/mol. The zero-order chi connectivity index (χ0) is 95.6. The van der Waals surface area contributed by atoms with Crippen LogP contribution in [0.25, 0.3) is 10.9 Å². The summed E-state index contributed by atoms with van der Waals surface area (Å²) in [5.41, 5.74) is 24.1. The van der Waals surface area contributed by atoms with Gasteiger partial charge < -0.3 is 117 Å². The zero-order valence-electron chi connectivity index (χ0n) is 74.9. The summed E-state index contributed by atoms with van der Waals surface area (Å²) in [6.07, 6.45) is 15.7. The van der Waals surface area contributed by atoms with Gasteiger partial charge in [0.1, 0.15) is 66.8 Å². The number of aryl methyl sites for hydroxylation is 1. The number of fused-ring (bicyclic) bond motifs is 1. The molecule has 1 aliphatic heterocycles. The lowest BCUT2D eigenvalue weighted by molar-refractivity contribution is -0.136. The number of aliphatic hydroxyl groups is 1. The number of aromatic nitrogens is 5. The Balaban J connectivity index is 1.20. The second-order valence-electron chi connectivity index (χ2n) is 32.3. The monoisotopic (exact) mass is 1860 g/mol. The number of guanidine groups is 2. The Morgan fingerprint density at radius 3 is 1.74 bits per heavy atom. The number of hydrogen-bond acceptors (Lipinski definition) is 24. The molecule has 0 radical (unpaired) electrons. The Kier molecular flexibility index (Phi) is 52.5. The number of aromatic amines is 2. The van der Waals surface area contributed by atoms with Gasteiger partial charge in [-0.15, -0.1) is 5.10 Å². The highest BCUT2D eigenvalue weighted by molar-refractivity contribution is 7.90. The minimum absolute atomic E-state index is 0.0105. The molecule has 4 aromatic rings. The SMILES string of the molecule is CCCC[C@H](NC(=O)[C@H](CO)NC(=O)[C@H](CCCNC(=N)N)NC(=O)COCCOCCNC(=O)CCCS(=O)(=O)NC(=O)CCCCCCCCCCCCCCCc1nnn[nH]1)C(=O)N[C@H]1CCC(=O)NCCCC[C@@H](C(N)=O)NC(=O)[C@H](Cc2c[nH]c3ccccc23)NC(=O)[C@H](CCCNC(=N)N)NC(=O)[C@@H](Cc2ccccc2)NC(=O)[C@H](CCCNC(N)=O)NC1=O. The number of benzene rings is 2. The Morgan fingerprint density at radius 2 is 1.11 bits per heavy atom. The van der Waals surface area contributed by atoms with Gasteiger partial charge in [-0.05, 0) is 118 Å². The molecular formula is C85H138N26O19S. The van der Waals surface area contributed by atoms with Crippen molar-refractivity contribution in [2.75, 3.05) is 71.5 Å². The second-order valence-corrected chi connectivity index (χ2v) is 34.1. The van der Waals surface area contributed by atoms with Crippen LogP contribution in [0.1, 0.15) is 216 Å². The van der Waals surface area contributed by atoms with Gasteiger partial charge >= 0.3 is 6.03 Å². The van der Waals surface area contributed by atoms with Gasteiger partial charge in [0.05, 0.1) is 32.2 Å². The molecule has 0 bridgehead atoms. The standard InChI is InChI=1S/C85H138N26O19S/c1-2-3-31-62(102-82(125)68(54-112)106-75(118)61(34-24-43-94-83(87)88)98-73(116)55-130-49-48-129-47-46-93-70(113)39-27-50-131(127,128)109-72(115)38-19-14-12-10-8-6-4-5-7-9-11-13-18-37-69-107-110-111-108-69)76(119)103-65-40-41-71(114)92-42-23-22-33-60(74(86)117)99-81(124)67(52-57-53-97-59-32-21-20-30-58(57)59)105-78(121)64(35-25-44-95-84(89)90)101-80(123)66(51-56-28-16-15-17-29-56)104-77(120)63(100-79(65)122)36-26-45-96-85(91)126/h15-17,20-21,28-30,32,53,60-68,97,112H,2-14,18-19,22-27,31,33-52,54-55H2,1H3,(H2,86,117)(H,92,114)(H,93,113)(H,98,116)(H,99,124)(H,100,122)(H,101,123)(H,102,125)(H,103,119)(H,104,120)(H,105,121)(H,106,118)(H,109,115)(H4,87,88,94)(H4,89,90,95)(H3,91,96,126)(H,107,108,110,111)/t60-,61-,62-,63-,64-,65-,66+,67-,68-/m0/s1. The molecule has 46 heteroatoms. The Bertz CT molecular complexity index is 4360. The number of carbonyl (C=O) groups excluding carboxylic acids is 14. The number of primary amides is 2. The molecule has 15 amide bonds. The van der Waals surface area contributed by atoms with Crippen LogP contribution < -0.4 is 102 Å². The molecule has 0 aliphatic carbocycles. The summed E-state index contributed by atoms with van der Waals surface area (Å²) >= 11 is 0. The zero-order valence-corrected chi connectivity index (χ0v) is 75.8. The topological polar surface area (TPSA) is 714 Å². The summed E-state index contributed by atoms with van der Waals surface area (Å²) in [5, 5.41) is 77.2. The van der Waals surface area contributed by atoms with Crippen molar-refractivity contribution >= 4 is 116 Å². The van der Waals surface area contributed by atoms with Crippen LogP contribution in [-0.4, -0.2) is 260 Å². The van der Waals surface area contributed by atoms with E-state index in [4.69, 9.17) is 43.2 Å². The summed E-state index contributed by atoms with van der Waals surface area (Å²) in [7, 11) is -3.96. The molecule has 2 aromatic carbocycles. The number of amides is 15. The number of ether oxygens (including phenoxy) is 2. The van der Waals surface area contributed by atoms with E-state index >= 15 is 14.4 Å². The van der Waals surface area contributed by atoms with Crippen molar-refractivity contribution in [1.82, 2.24) is 105 Å². The first-order chi connectivity index (χ1) is 62.9. The van der Waals surface area contributed by atoms with Crippen molar-refractivity contribution in [3.05, 3.63) is 77.7 Å². The first-order valence-corrected chi connectivity index (χ1v) is 46.9. The molecule has 1 saturated heterocycles. The maximum Gasteiger partial charge on any atom is 0.312 e. The van der Waals surface area contributed by atoms with E-state index < -0.39 is 179 Å². The van der Waals surface area contributed by atoms with Crippen LogP contribution in [0, 0.1) is 10.8 Å². The highest BCUT2D eigenvalue weighted by atomic mass is 32.2. The van der Waals surface area contributed by atoms with Gasteiger partial charge in [-0.2, -0.15) is 0 Å². The summed E-state index contributed by atoms with van der Waals surface area (Å²) in [4.78, 5) is 198. The van der Waals surface area contributed by atoms with Gasteiger partial charge in [0.2, 0.25) is 86.8 Å². The van der Waals surface area contributed by atoms with E-state index in [2.05, 4.69) is 105 Å². The number of nitrogens with two attached hydrogens (primary N) is 4. The maximum absolute atomic E-state index is 15.0. The third kappa shape index (κ3) is 46.8. The molecule has 45 nitrogen and oxygen atoms in total. The quantitative estimate of drug-likeness (QED) is 0.0138. The lowest BCUT2D eigenvalue weighted by Crippen LogP contribution is -2.61. The number of H-pyrrole nitrogens is 2. The molecule has 1 aliphatic rings. The largest absolute Gasteiger partial charge is 0.394 e. The molecule has 2 aromatic heterocycles. The molecule has 9 atom stereocenters. The molecular weight excluding hydrogens is 1720 g/mol. The van der Waals surface area contributed by atoms with Crippen molar-refractivity contribution in [1.29, 1.82) is 10.8 Å². The minimum Gasteiger partial charge on any atom is -0.394 e. The van der Waals surface area contributed by atoms with Crippen molar-refractivity contribution in [2.24, 2.45) is 22.9 Å². The Labute approximate surface area is 763 Å². The van der Waals surface area contributed by atoms with E-state index in [-0.39, 0.29) is 167 Å². The van der Waals surface area contributed by atoms with E-state index in [0.29, 0.717) is 34.9 Å². The molecule has 1 fully saturated rings.